The number of rotatable bonds is 4. The van der Waals surface area contributed by atoms with Gasteiger partial charge >= 0.3 is 0 Å². The molecule has 0 amide bonds. The van der Waals surface area contributed by atoms with E-state index in [-0.39, 0.29) is 23.0 Å². The van der Waals surface area contributed by atoms with E-state index in [4.69, 9.17) is 5.11 Å². The first-order chi connectivity index (χ1) is 6.52. The van der Waals surface area contributed by atoms with Crippen LogP contribution in [0.1, 0.15) is 13.8 Å². The molecule has 3 nitrogen and oxygen atoms in total. The Bertz CT molecular complexity index is 267. The van der Waals surface area contributed by atoms with Gasteiger partial charge in [0.05, 0.1) is 11.4 Å². The summed E-state index contributed by atoms with van der Waals surface area (Å²) in [5.41, 5.74) is 0.487. The zero-order valence-electron chi connectivity index (χ0n) is 8.24. The summed E-state index contributed by atoms with van der Waals surface area (Å²) in [7, 11) is 0. The molecule has 0 spiro atoms. The van der Waals surface area contributed by atoms with Crippen molar-refractivity contribution in [1.29, 1.82) is 0 Å². The summed E-state index contributed by atoms with van der Waals surface area (Å²) in [6.07, 6.45) is 4.58. The Kier molecular flexibility index (Phi) is 6.32. The molecular weight excluding hydrogens is 248 g/mol. The number of aliphatic hydroxyl groups excluding tert-OH is 3. The second-order valence-electron chi connectivity index (χ2n) is 2.80. The maximum absolute atomic E-state index is 9.33. The lowest BCUT2D eigenvalue weighted by molar-refractivity contribution is 0.318. The van der Waals surface area contributed by atoms with Gasteiger partial charge in [-0.05, 0) is 31.6 Å². The van der Waals surface area contributed by atoms with Crippen molar-refractivity contribution in [2.24, 2.45) is 0 Å². The first kappa shape index (κ1) is 13.3. The van der Waals surface area contributed by atoms with Gasteiger partial charge in [-0.3, -0.25) is 0 Å². The van der Waals surface area contributed by atoms with E-state index in [1.807, 2.05) is 0 Å². The number of halogens is 1. The lowest BCUT2D eigenvalue weighted by atomic mass is 10.2. The largest absolute Gasteiger partial charge is 0.511 e. The maximum Gasteiger partial charge on any atom is 0.116 e. The quantitative estimate of drug-likeness (QED) is 0.415. The SMILES string of the molecule is C/C=C(/O)C(Br)C=C/C(O)=C(\C)CO. The van der Waals surface area contributed by atoms with Crippen molar-refractivity contribution in [2.45, 2.75) is 18.7 Å². The standard InChI is InChI=1S/C10H15BrO3/c1-3-9(13)8(11)4-5-10(14)7(2)6-12/h3-5,8,12-14H,6H2,1-2H3/b5-4?,9-3+,10-7-. The molecule has 0 saturated carbocycles. The molecule has 0 aromatic heterocycles. The molecular formula is C10H15BrO3. The second kappa shape index (κ2) is 6.68. The molecule has 80 valence electrons. The minimum atomic E-state index is -0.318. The molecule has 0 aromatic rings. The van der Waals surface area contributed by atoms with Crippen LogP contribution in [-0.4, -0.2) is 26.8 Å². The van der Waals surface area contributed by atoms with E-state index in [1.165, 1.54) is 6.08 Å². The molecule has 3 N–H and O–H groups in total. The minimum Gasteiger partial charge on any atom is -0.511 e. The Balaban J connectivity index is 4.46. The third kappa shape index (κ3) is 4.48. The topological polar surface area (TPSA) is 60.7 Å². The van der Waals surface area contributed by atoms with E-state index < -0.39 is 0 Å². The highest BCUT2D eigenvalue weighted by molar-refractivity contribution is 9.09. The highest BCUT2D eigenvalue weighted by atomic mass is 79.9. The Labute approximate surface area is 92.2 Å². The van der Waals surface area contributed by atoms with Gasteiger partial charge in [-0.15, -0.1) is 0 Å². The van der Waals surface area contributed by atoms with Crippen molar-refractivity contribution >= 4 is 15.9 Å². The van der Waals surface area contributed by atoms with Gasteiger partial charge in [0.2, 0.25) is 0 Å². The average molecular weight is 263 g/mol. The summed E-state index contributed by atoms with van der Waals surface area (Å²) in [5.74, 6) is 0.191. The molecule has 0 saturated heterocycles. The highest BCUT2D eigenvalue weighted by Gasteiger charge is 2.03. The summed E-state index contributed by atoms with van der Waals surface area (Å²) in [6.45, 7) is 3.16. The summed E-state index contributed by atoms with van der Waals surface area (Å²) >= 11 is 3.20. The van der Waals surface area contributed by atoms with Crippen molar-refractivity contribution < 1.29 is 15.3 Å². The van der Waals surface area contributed by atoms with Crippen LogP contribution in [-0.2, 0) is 0 Å². The van der Waals surface area contributed by atoms with Crippen LogP contribution in [0.15, 0.2) is 35.3 Å². The van der Waals surface area contributed by atoms with Crippen molar-refractivity contribution in [3.8, 4) is 0 Å². The fourth-order valence-corrected chi connectivity index (χ4v) is 1.07. The van der Waals surface area contributed by atoms with Gasteiger partial charge in [0, 0.05) is 0 Å². The predicted molar refractivity (Wildman–Crippen MR) is 60.7 cm³/mol. The molecule has 0 aliphatic rings. The number of aliphatic hydroxyl groups is 3. The number of hydrogen-bond acceptors (Lipinski definition) is 3. The van der Waals surface area contributed by atoms with Gasteiger partial charge in [0.1, 0.15) is 11.5 Å². The van der Waals surface area contributed by atoms with Crippen LogP contribution >= 0.6 is 15.9 Å². The van der Waals surface area contributed by atoms with Gasteiger partial charge < -0.3 is 15.3 Å². The van der Waals surface area contributed by atoms with E-state index >= 15 is 0 Å². The van der Waals surface area contributed by atoms with E-state index in [9.17, 15) is 10.2 Å². The van der Waals surface area contributed by atoms with E-state index in [1.54, 1.807) is 26.0 Å². The Morgan fingerprint density at radius 1 is 1.43 bits per heavy atom. The Hall–Kier alpha value is -0.740. The smallest absolute Gasteiger partial charge is 0.116 e. The van der Waals surface area contributed by atoms with Crippen LogP contribution in [0.3, 0.4) is 0 Å². The lowest BCUT2D eigenvalue weighted by Crippen LogP contribution is -1.97. The normalized spacial score (nSPS) is 17.0. The molecule has 1 atom stereocenters. The van der Waals surface area contributed by atoms with Crippen molar-refractivity contribution in [3.05, 3.63) is 35.3 Å². The minimum absolute atomic E-state index is 0.0147. The van der Waals surface area contributed by atoms with Crippen LogP contribution in [0.2, 0.25) is 0 Å². The summed E-state index contributed by atoms with van der Waals surface area (Å²) in [5, 5.41) is 27.3. The maximum atomic E-state index is 9.33. The number of alkyl halides is 1. The van der Waals surface area contributed by atoms with E-state index in [0.717, 1.165) is 0 Å². The Morgan fingerprint density at radius 2 is 2.00 bits per heavy atom. The van der Waals surface area contributed by atoms with Crippen molar-refractivity contribution in [2.75, 3.05) is 6.61 Å². The molecule has 0 rings (SSSR count). The molecule has 1 unspecified atom stereocenters. The van der Waals surface area contributed by atoms with E-state index in [2.05, 4.69) is 15.9 Å². The fraction of sp³-hybridized carbons (Fsp3) is 0.400. The van der Waals surface area contributed by atoms with Gasteiger partial charge in [0.25, 0.3) is 0 Å². The molecule has 14 heavy (non-hydrogen) atoms. The van der Waals surface area contributed by atoms with Gasteiger partial charge in [-0.2, -0.15) is 0 Å². The lowest BCUT2D eigenvalue weighted by Gasteiger charge is -2.02. The number of allylic oxidation sites excluding steroid dienone is 3. The van der Waals surface area contributed by atoms with Crippen LogP contribution in [0, 0.1) is 0 Å². The first-order valence-corrected chi connectivity index (χ1v) is 5.11. The molecule has 0 bridgehead atoms. The van der Waals surface area contributed by atoms with Gasteiger partial charge in [-0.25, -0.2) is 0 Å². The summed E-state index contributed by atoms with van der Waals surface area (Å²) in [4.78, 5) is -0.318. The molecule has 0 fully saturated rings. The number of hydrogen-bond donors (Lipinski definition) is 3. The monoisotopic (exact) mass is 262 g/mol. The fourth-order valence-electron chi connectivity index (χ4n) is 0.657. The molecule has 0 heterocycles. The van der Waals surface area contributed by atoms with Crippen LogP contribution < -0.4 is 0 Å². The van der Waals surface area contributed by atoms with Crippen LogP contribution in [0.4, 0.5) is 0 Å². The van der Waals surface area contributed by atoms with E-state index in [0.29, 0.717) is 5.57 Å². The van der Waals surface area contributed by atoms with Gasteiger partial charge in [-0.1, -0.05) is 22.0 Å². The highest BCUT2D eigenvalue weighted by Crippen LogP contribution is 2.12. The average Bonchev–Trinajstić information content (AvgIpc) is 2.22. The van der Waals surface area contributed by atoms with Crippen molar-refractivity contribution in [3.63, 3.8) is 0 Å². The molecule has 0 aliphatic carbocycles. The van der Waals surface area contributed by atoms with Gasteiger partial charge in [0.15, 0.2) is 0 Å². The molecule has 0 aliphatic heterocycles. The third-order valence-electron chi connectivity index (χ3n) is 1.68. The van der Waals surface area contributed by atoms with Crippen LogP contribution in [0.25, 0.3) is 0 Å². The molecule has 0 radical (unpaired) electrons. The zero-order chi connectivity index (χ0) is 11.1. The molecule has 0 aromatic carbocycles. The predicted octanol–water partition coefficient (Wildman–Crippen LogP) is 2.59. The summed E-state index contributed by atoms with van der Waals surface area (Å²) in [6, 6.07) is 0. The first-order valence-electron chi connectivity index (χ1n) is 4.20. The Morgan fingerprint density at radius 3 is 2.43 bits per heavy atom. The third-order valence-corrected chi connectivity index (χ3v) is 2.45. The summed E-state index contributed by atoms with van der Waals surface area (Å²) < 4.78 is 0. The second-order valence-corrected chi connectivity index (χ2v) is 3.78. The van der Waals surface area contributed by atoms with Crippen molar-refractivity contribution in [1.82, 2.24) is 0 Å². The zero-order valence-corrected chi connectivity index (χ0v) is 9.82. The van der Waals surface area contributed by atoms with Crippen LogP contribution in [0.5, 0.6) is 0 Å². The molecule has 4 heteroatoms.